The first-order valence-corrected chi connectivity index (χ1v) is 7.12. The number of rotatable bonds is 3. The van der Waals surface area contributed by atoms with Gasteiger partial charge in [-0.3, -0.25) is 9.89 Å². The van der Waals surface area contributed by atoms with Crippen molar-refractivity contribution in [3.63, 3.8) is 0 Å². The first-order valence-electron chi connectivity index (χ1n) is 7.12. The number of aromatic nitrogens is 2. The molecule has 2 atom stereocenters. The monoisotopic (exact) mass is 269 g/mol. The van der Waals surface area contributed by atoms with E-state index in [1.54, 1.807) is 6.20 Å². The number of hydrogen-bond acceptors (Lipinski definition) is 2. The number of nitrogens with zero attached hydrogens (tertiary/aromatic N) is 1. The Morgan fingerprint density at radius 3 is 3.10 bits per heavy atom. The van der Waals surface area contributed by atoms with Gasteiger partial charge in [0.2, 0.25) is 5.91 Å². The Bertz CT molecular complexity index is 592. The minimum Gasteiger partial charge on any atom is -0.349 e. The van der Waals surface area contributed by atoms with Gasteiger partial charge in [-0.2, -0.15) is 5.10 Å². The lowest BCUT2D eigenvalue weighted by molar-refractivity contribution is -0.123. The topological polar surface area (TPSA) is 57.8 Å². The summed E-state index contributed by atoms with van der Waals surface area (Å²) < 4.78 is 0. The standard InChI is InChI=1S/C16H19N3O/c1-11(13-9-17-18-10-13)19-16(20)15-8-4-6-12-5-2-3-7-14(12)15/h2-3,5,7,9-11,15H,4,6,8H2,1H3,(H,17,18)(H,19,20). The van der Waals surface area contributed by atoms with Crippen molar-refractivity contribution in [2.24, 2.45) is 0 Å². The van der Waals surface area contributed by atoms with Gasteiger partial charge in [0, 0.05) is 11.8 Å². The van der Waals surface area contributed by atoms with Crippen LogP contribution in [0.5, 0.6) is 0 Å². The molecule has 0 aliphatic heterocycles. The van der Waals surface area contributed by atoms with E-state index in [1.165, 1.54) is 11.1 Å². The summed E-state index contributed by atoms with van der Waals surface area (Å²) in [5, 5.41) is 9.79. The maximum atomic E-state index is 12.5. The highest BCUT2D eigenvalue weighted by Crippen LogP contribution is 2.32. The van der Waals surface area contributed by atoms with Gasteiger partial charge in [-0.25, -0.2) is 0 Å². The number of benzene rings is 1. The van der Waals surface area contributed by atoms with Crippen LogP contribution < -0.4 is 5.32 Å². The van der Waals surface area contributed by atoms with E-state index < -0.39 is 0 Å². The summed E-state index contributed by atoms with van der Waals surface area (Å²) in [5.41, 5.74) is 3.51. The molecule has 1 heterocycles. The number of aryl methyl sites for hydroxylation is 1. The second kappa shape index (κ2) is 5.49. The number of carbonyl (C=O) groups excluding carboxylic acids is 1. The number of carbonyl (C=O) groups is 1. The van der Waals surface area contributed by atoms with Crippen molar-refractivity contribution in [3.05, 3.63) is 53.3 Å². The lowest BCUT2D eigenvalue weighted by Gasteiger charge is -2.26. The summed E-state index contributed by atoms with van der Waals surface area (Å²) in [6.07, 6.45) is 6.66. The molecule has 104 valence electrons. The Kier molecular flexibility index (Phi) is 3.54. The smallest absolute Gasteiger partial charge is 0.228 e. The Balaban J connectivity index is 1.75. The van der Waals surface area contributed by atoms with Crippen molar-refractivity contribution >= 4 is 5.91 Å². The number of hydrogen-bond donors (Lipinski definition) is 2. The molecule has 2 N–H and O–H groups in total. The Hall–Kier alpha value is -2.10. The fourth-order valence-electron chi connectivity index (χ4n) is 2.92. The van der Waals surface area contributed by atoms with Gasteiger partial charge in [-0.05, 0) is 37.3 Å². The molecule has 2 unspecified atom stereocenters. The third kappa shape index (κ3) is 2.46. The zero-order valence-electron chi connectivity index (χ0n) is 11.6. The summed E-state index contributed by atoms with van der Waals surface area (Å²) in [5.74, 6) is 0.0974. The maximum Gasteiger partial charge on any atom is 0.228 e. The minimum absolute atomic E-state index is 0.0182. The summed E-state index contributed by atoms with van der Waals surface area (Å²) in [7, 11) is 0. The van der Waals surface area contributed by atoms with Crippen molar-refractivity contribution in [1.29, 1.82) is 0 Å². The molecule has 0 radical (unpaired) electrons. The van der Waals surface area contributed by atoms with Crippen LogP contribution in [0.25, 0.3) is 0 Å². The first-order chi connectivity index (χ1) is 9.75. The van der Waals surface area contributed by atoms with Crippen molar-refractivity contribution in [3.8, 4) is 0 Å². The highest BCUT2D eigenvalue weighted by atomic mass is 16.1. The molecule has 1 aromatic heterocycles. The van der Waals surface area contributed by atoms with Gasteiger partial charge in [0.1, 0.15) is 0 Å². The number of amides is 1. The average molecular weight is 269 g/mol. The van der Waals surface area contributed by atoms with E-state index in [4.69, 9.17) is 0 Å². The molecule has 0 bridgehead atoms. The van der Waals surface area contributed by atoms with Gasteiger partial charge >= 0.3 is 0 Å². The average Bonchev–Trinajstić information content (AvgIpc) is 3.01. The summed E-state index contributed by atoms with van der Waals surface area (Å²) in [6, 6.07) is 8.27. The molecular formula is C16H19N3O. The molecule has 20 heavy (non-hydrogen) atoms. The molecule has 0 spiro atoms. The van der Waals surface area contributed by atoms with Crippen LogP contribution in [0, 0.1) is 0 Å². The molecule has 0 fully saturated rings. The van der Waals surface area contributed by atoms with Gasteiger partial charge in [0.05, 0.1) is 18.2 Å². The van der Waals surface area contributed by atoms with Gasteiger partial charge in [0.15, 0.2) is 0 Å². The van der Waals surface area contributed by atoms with Gasteiger partial charge in [0.25, 0.3) is 0 Å². The summed E-state index contributed by atoms with van der Waals surface area (Å²) in [4.78, 5) is 12.5. The highest BCUT2D eigenvalue weighted by molar-refractivity contribution is 5.84. The van der Waals surface area contributed by atoms with Crippen LogP contribution in [0.1, 0.15) is 48.4 Å². The minimum atomic E-state index is -0.0192. The molecule has 4 nitrogen and oxygen atoms in total. The van der Waals surface area contributed by atoms with Crippen LogP contribution in [-0.2, 0) is 11.2 Å². The molecular weight excluding hydrogens is 250 g/mol. The molecule has 0 saturated carbocycles. The lowest BCUT2D eigenvalue weighted by Crippen LogP contribution is -2.33. The van der Waals surface area contributed by atoms with Crippen LogP contribution >= 0.6 is 0 Å². The molecule has 1 aromatic carbocycles. The Morgan fingerprint density at radius 2 is 2.30 bits per heavy atom. The summed E-state index contributed by atoms with van der Waals surface area (Å²) >= 11 is 0. The Morgan fingerprint density at radius 1 is 1.45 bits per heavy atom. The van der Waals surface area contributed by atoms with E-state index in [-0.39, 0.29) is 17.9 Å². The van der Waals surface area contributed by atoms with E-state index in [9.17, 15) is 4.79 Å². The van der Waals surface area contributed by atoms with E-state index >= 15 is 0 Å². The third-order valence-corrected chi connectivity index (χ3v) is 4.06. The van der Waals surface area contributed by atoms with E-state index in [0.29, 0.717) is 0 Å². The fourth-order valence-corrected chi connectivity index (χ4v) is 2.92. The fraction of sp³-hybridized carbons (Fsp3) is 0.375. The van der Waals surface area contributed by atoms with Crippen LogP contribution in [0.4, 0.5) is 0 Å². The normalized spacial score (nSPS) is 19.1. The molecule has 4 heteroatoms. The van der Waals surface area contributed by atoms with E-state index in [0.717, 1.165) is 24.8 Å². The van der Waals surface area contributed by atoms with E-state index in [2.05, 4.69) is 27.6 Å². The van der Waals surface area contributed by atoms with Crippen molar-refractivity contribution in [2.45, 2.75) is 38.1 Å². The van der Waals surface area contributed by atoms with Crippen LogP contribution in [-0.4, -0.2) is 16.1 Å². The maximum absolute atomic E-state index is 12.5. The molecule has 1 aliphatic rings. The molecule has 0 saturated heterocycles. The zero-order chi connectivity index (χ0) is 13.9. The molecule has 1 aliphatic carbocycles. The number of H-pyrrole nitrogens is 1. The zero-order valence-corrected chi connectivity index (χ0v) is 11.6. The van der Waals surface area contributed by atoms with Gasteiger partial charge < -0.3 is 5.32 Å². The van der Waals surface area contributed by atoms with Crippen molar-refractivity contribution in [1.82, 2.24) is 15.5 Å². The molecule has 2 aromatic rings. The predicted molar refractivity (Wildman–Crippen MR) is 77.3 cm³/mol. The van der Waals surface area contributed by atoms with Gasteiger partial charge in [-0.1, -0.05) is 24.3 Å². The first kappa shape index (κ1) is 12.9. The number of fused-ring (bicyclic) bond motifs is 1. The highest BCUT2D eigenvalue weighted by Gasteiger charge is 2.27. The van der Waals surface area contributed by atoms with Gasteiger partial charge in [-0.15, -0.1) is 0 Å². The van der Waals surface area contributed by atoms with Crippen LogP contribution in [0.3, 0.4) is 0 Å². The van der Waals surface area contributed by atoms with Crippen LogP contribution in [0.15, 0.2) is 36.7 Å². The lowest BCUT2D eigenvalue weighted by atomic mass is 9.82. The second-order valence-corrected chi connectivity index (χ2v) is 5.41. The summed E-state index contributed by atoms with van der Waals surface area (Å²) in [6.45, 7) is 1.98. The molecule has 3 rings (SSSR count). The third-order valence-electron chi connectivity index (χ3n) is 4.06. The second-order valence-electron chi connectivity index (χ2n) is 5.41. The number of aromatic amines is 1. The predicted octanol–water partition coefficient (Wildman–Crippen LogP) is 2.71. The quantitative estimate of drug-likeness (QED) is 0.900. The molecule has 1 amide bonds. The Labute approximate surface area is 118 Å². The van der Waals surface area contributed by atoms with Crippen LogP contribution in [0.2, 0.25) is 0 Å². The van der Waals surface area contributed by atoms with Crippen molar-refractivity contribution in [2.75, 3.05) is 0 Å². The SMILES string of the molecule is CC(NC(=O)C1CCCc2ccccc21)c1cn[nH]c1. The number of nitrogens with one attached hydrogen (secondary N) is 2. The largest absolute Gasteiger partial charge is 0.349 e. The van der Waals surface area contributed by atoms with E-state index in [1.807, 2.05) is 25.3 Å². The van der Waals surface area contributed by atoms with Crippen molar-refractivity contribution < 1.29 is 4.79 Å².